The average Bonchev–Trinajstić information content (AvgIpc) is 2.74. The highest BCUT2D eigenvalue weighted by Crippen LogP contribution is 2.42. The predicted molar refractivity (Wildman–Crippen MR) is 87.6 cm³/mol. The third kappa shape index (κ3) is 2.00. The molecule has 0 saturated carbocycles. The average molecular weight is 385 g/mol. The van der Waals surface area contributed by atoms with Crippen LogP contribution in [0.4, 0.5) is 5.69 Å². The summed E-state index contributed by atoms with van der Waals surface area (Å²) < 4.78 is 11.8. The van der Waals surface area contributed by atoms with Crippen LogP contribution in [0.5, 0.6) is 0 Å². The van der Waals surface area contributed by atoms with E-state index in [2.05, 4.69) is 22.6 Å². The number of hydrogen-bond acceptors (Lipinski definition) is 3. The van der Waals surface area contributed by atoms with Crippen molar-refractivity contribution >= 4 is 46.8 Å². The highest BCUT2D eigenvalue weighted by Gasteiger charge is 2.54. The predicted octanol–water partition coefficient (Wildman–Crippen LogP) is 1.88. The molecule has 1 saturated heterocycles. The molecule has 0 N–H and O–H groups in total. The number of nitrogens with zero attached hydrogens (tertiary/aromatic N) is 1. The molecule has 1 fully saturated rings. The Morgan fingerprint density at radius 2 is 2.00 bits per heavy atom. The molecule has 2 aliphatic heterocycles. The van der Waals surface area contributed by atoms with E-state index in [0.29, 0.717) is 6.42 Å². The number of hydrogen-bond donors (Lipinski definition) is 0. The van der Waals surface area contributed by atoms with Crippen molar-refractivity contribution in [1.82, 2.24) is 0 Å². The number of halogens is 1. The molecule has 1 unspecified atom stereocenters. The molecule has 0 spiro atoms. The van der Waals surface area contributed by atoms with E-state index in [1.54, 1.807) is 11.9 Å². The number of carbonyl (C=O) groups excluding carboxylic acids is 1. The first-order valence-corrected chi connectivity index (χ1v) is 7.74. The lowest BCUT2D eigenvalue weighted by atomic mass is 9.75. The standard InChI is InChI=1S/C14H17BINO3/c1-13(2)14(3,16)20-15(19-13)10-6-5-7-11-9(10)8-12(18)17(11)4/h5-7H,8H2,1-4H3. The zero-order valence-electron chi connectivity index (χ0n) is 12.1. The van der Waals surface area contributed by atoms with Crippen LogP contribution in [0.15, 0.2) is 18.2 Å². The lowest BCUT2D eigenvalue weighted by Gasteiger charge is -2.30. The molecule has 1 aromatic rings. The van der Waals surface area contributed by atoms with Gasteiger partial charge in [-0.25, -0.2) is 0 Å². The summed E-state index contributed by atoms with van der Waals surface area (Å²) in [6.07, 6.45) is 0.420. The van der Waals surface area contributed by atoms with Crippen LogP contribution >= 0.6 is 22.6 Å². The number of anilines is 1. The molecule has 0 aliphatic carbocycles. The maximum absolute atomic E-state index is 11.9. The topological polar surface area (TPSA) is 38.8 Å². The summed E-state index contributed by atoms with van der Waals surface area (Å²) in [5.74, 6) is 0.113. The lowest BCUT2D eigenvalue weighted by molar-refractivity contribution is -0.117. The van der Waals surface area contributed by atoms with Crippen LogP contribution in [0.1, 0.15) is 26.3 Å². The van der Waals surface area contributed by atoms with E-state index in [1.165, 1.54) is 0 Å². The monoisotopic (exact) mass is 385 g/mol. The summed E-state index contributed by atoms with van der Waals surface area (Å²) in [4.78, 5) is 13.6. The van der Waals surface area contributed by atoms with E-state index in [1.807, 2.05) is 39.0 Å². The van der Waals surface area contributed by atoms with Gasteiger partial charge >= 0.3 is 7.12 Å². The number of amides is 1. The molecule has 6 heteroatoms. The van der Waals surface area contributed by atoms with E-state index in [0.717, 1.165) is 16.7 Å². The quantitative estimate of drug-likeness (QED) is 0.421. The van der Waals surface area contributed by atoms with Crippen LogP contribution in [0.3, 0.4) is 0 Å². The Labute approximate surface area is 133 Å². The molecule has 4 nitrogen and oxygen atoms in total. The highest BCUT2D eigenvalue weighted by atomic mass is 127. The van der Waals surface area contributed by atoms with Crippen molar-refractivity contribution in [2.75, 3.05) is 11.9 Å². The number of carbonyl (C=O) groups is 1. The minimum absolute atomic E-state index is 0.113. The van der Waals surface area contributed by atoms with Gasteiger partial charge in [-0.05, 0) is 60.5 Å². The molecule has 3 rings (SSSR count). The van der Waals surface area contributed by atoms with E-state index in [-0.39, 0.29) is 11.5 Å². The normalized spacial score (nSPS) is 28.1. The number of fused-ring (bicyclic) bond motifs is 1. The van der Waals surface area contributed by atoms with E-state index < -0.39 is 10.7 Å². The number of rotatable bonds is 1. The van der Waals surface area contributed by atoms with E-state index in [9.17, 15) is 4.79 Å². The molecular weight excluding hydrogens is 368 g/mol. The van der Waals surface area contributed by atoms with Gasteiger partial charge in [-0.15, -0.1) is 0 Å². The van der Waals surface area contributed by atoms with Gasteiger partial charge in [0.1, 0.15) is 3.61 Å². The number of likely N-dealkylation sites (N-methyl/N-ethyl adjacent to an activating group) is 1. The summed E-state index contributed by atoms with van der Waals surface area (Å²) in [7, 11) is 1.39. The molecule has 0 aromatic heterocycles. The molecule has 2 aliphatic rings. The van der Waals surface area contributed by atoms with Gasteiger partial charge in [-0.1, -0.05) is 12.1 Å². The SMILES string of the molecule is CN1C(=O)Cc2c(B3OC(C)(C)C(C)(I)O3)cccc21. The maximum atomic E-state index is 11.9. The first-order chi connectivity index (χ1) is 9.23. The zero-order chi connectivity index (χ0) is 14.7. The minimum atomic E-state index is -0.416. The molecule has 0 bridgehead atoms. The molecule has 20 heavy (non-hydrogen) atoms. The van der Waals surface area contributed by atoms with Crippen molar-refractivity contribution in [2.45, 2.75) is 36.4 Å². The van der Waals surface area contributed by atoms with Crippen molar-refractivity contribution in [1.29, 1.82) is 0 Å². The molecule has 1 amide bonds. The lowest BCUT2D eigenvalue weighted by Crippen LogP contribution is -2.38. The van der Waals surface area contributed by atoms with Gasteiger partial charge in [0.15, 0.2) is 0 Å². The molecule has 1 atom stereocenters. The highest BCUT2D eigenvalue weighted by molar-refractivity contribution is 14.1. The van der Waals surface area contributed by atoms with Gasteiger partial charge in [-0.3, -0.25) is 4.79 Å². The van der Waals surface area contributed by atoms with Crippen molar-refractivity contribution in [3.05, 3.63) is 23.8 Å². The second-order valence-electron chi connectivity index (χ2n) is 5.97. The minimum Gasteiger partial charge on any atom is -0.398 e. The van der Waals surface area contributed by atoms with Crippen LogP contribution in [0.2, 0.25) is 0 Å². The smallest absolute Gasteiger partial charge is 0.398 e. The third-order valence-electron chi connectivity index (χ3n) is 4.31. The number of benzene rings is 1. The van der Waals surface area contributed by atoms with Gasteiger partial charge < -0.3 is 14.2 Å². The summed E-state index contributed by atoms with van der Waals surface area (Å²) in [6.45, 7) is 6.08. The van der Waals surface area contributed by atoms with Gasteiger partial charge in [0, 0.05) is 12.7 Å². The van der Waals surface area contributed by atoms with Gasteiger partial charge in [-0.2, -0.15) is 0 Å². The Balaban J connectivity index is 2.01. The Kier molecular flexibility index (Phi) is 3.19. The fourth-order valence-corrected chi connectivity index (χ4v) is 2.95. The van der Waals surface area contributed by atoms with Crippen LogP contribution in [0.25, 0.3) is 0 Å². The third-order valence-corrected chi connectivity index (χ3v) is 5.86. The zero-order valence-corrected chi connectivity index (χ0v) is 14.2. The largest absolute Gasteiger partial charge is 0.495 e. The van der Waals surface area contributed by atoms with Gasteiger partial charge in [0.05, 0.1) is 12.0 Å². The van der Waals surface area contributed by atoms with Crippen molar-refractivity contribution in [3.8, 4) is 0 Å². The van der Waals surface area contributed by atoms with E-state index >= 15 is 0 Å². The Bertz CT molecular complexity index is 572. The van der Waals surface area contributed by atoms with Crippen molar-refractivity contribution in [3.63, 3.8) is 0 Å². The molecule has 2 heterocycles. The summed E-state index contributed by atoms with van der Waals surface area (Å²) >= 11 is 2.28. The van der Waals surface area contributed by atoms with Crippen molar-refractivity contribution < 1.29 is 14.1 Å². The van der Waals surface area contributed by atoms with Gasteiger partial charge in [0.2, 0.25) is 5.91 Å². The first kappa shape index (κ1) is 14.3. The molecule has 106 valence electrons. The molecule has 1 aromatic carbocycles. The van der Waals surface area contributed by atoms with Crippen LogP contribution in [0, 0.1) is 0 Å². The Hall–Kier alpha value is -0.595. The fraction of sp³-hybridized carbons (Fsp3) is 0.500. The Morgan fingerprint density at radius 1 is 1.30 bits per heavy atom. The first-order valence-electron chi connectivity index (χ1n) is 6.66. The second kappa shape index (κ2) is 4.45. The van der Waals surface area contributed by atoms with E-state index in [4.69, 9.17) is 9.31 Å². The van der Waals surface area contributed by atoms with Crippen molar-refractivity contribution in [2.24, 2.45) is 0 Å². The van der Waals surface area contributed by atoms with Crippen LogP contribution < -0.4 is 10.4 Å². The number of alkyl halides is 1. The maximum Gasteiger partial charge on any atom is 0.495 e. The van der Waals surface area contributed by atoms with Crippen LogP contribution in [-0.2, 0) is 20.5 Å². The summed E-state index contributed by atoms with van der Waals surface area (Å²) in [5.41, 5.74) is 2.57. The molecule has 0 radical (unpaired) electrons. The Morgan fingerprint density at radius 3 is 2.60 bits per heavy atom. The fourth-order valence-electron chi connectivity index (χ4n) is 2.59. The molecular formula is C14H17BINO3. The van der Waals surface area contributed by atoms with Crippen LogP contribution in [-0.4, -0.2) is 29.3 Å². The second-order valence-corrected chi connectivity index (χ2v) is 8.03. The summed E-state index contributed by atoms with van der Waals surface area (Å²) in [5, 5.41) is 0. The summed E-state index contributed by atoms with van der Waals surface area (Å²) in [6, 6.07) is 5.91. The van der Waals surface area contributed by atoms with Gasteiger partial charge in [0.25, 0.3) is 0 Å².